The Hall–Kier alpha value is -1.10. The highest BCUT2D eigenvalue weighted by molar-refractivity contribution is 14.0. The largest absolute Gasteiger partial charge is 0.497 e. The average molecular weight is 532 g/mol. The molecule has 1 heterocycles. The zero-order valence-corrected chi connectivity index (χ0v) is 20.8. The molecule has 0 spiro atoms. The van der Waals surface area contributed by atoms with Crippen molar-refractivity contribution in [3.8, 4) is 5.75 Å². The fraction of sp³-hybridized carbons (Fsp3) is 0.682. The lowest BCUT2D eigenvalue weighted by Crippen LogP contribution is -2.47. The summed E-state index contributed by atoms with van der Waals surface area (Å²) in [4.78, 5) is 9.08. The lowest BCUT2D eigenvalue weighted by atomic mass is 10.0. The molecule has 0 bridgehead atoms. The monoisotopic (exact) mass is 532 g/mol. The van der Waals surface area contributed by atoms with Crippen LogP contribution in [-0.2, 0) is 9.47 Å². The number of morpholine rings is 1. The number of nitrogens with zero attached hydrogens (tertiary/aromatic N) is 3. The third-order valence-corrected chi connectivity index (χ3v) is 5.64. The fourth-order valence-electron chi connectivity index (χ4n) is 3.59. The van der Waals surface area contributed by atoms with Gasteiger partial charge < -0.3 is 24.4 Å². The van der Waals surface area contributed by atoms with Gasteiger partial charge >= 0.3 is 0 Å². The summed E-state index contributed by atoms with van der Waals surface area (Å²) < 4.78 is 16.7. The maximum absolute atomic E-state index is 5.78. The fourth-order valence-corrected chi connectivity index (χ4v) is 3.59. The van der Waals surface area contributed by atoms with E-state index in [4.69, 9.17) is 14.2 Å². The third kappa shape index (κ3) is 7.86. The second-order valence-electron chi connectivity index (χ2n) is 7.81. The number of likely N-dealkylation sites (N-methyl/N-ethyl adjacent to an activating group) is 1. The number of benzene rings is 1. The van der Waals surface area contributed by atoms with Crippen LogP contribution in [0.5, 0.6) is 5.75 Å². The van der Waals surface area contributed by atoms with Crippen LogP contribution in [0, 0.1) is 5.92 Å². The smallest absolute Gasteiger partial charge is 0.193 e. The van der Waals surface area contributed by atoms with Crippen molar-refractivity contribution in [2.24, 2.45) is 10.9 Å². The summed E-state index contributed by atoms with van der Waals surface area (Å²) in [5.41, 5.74) is 1.27. The van der Waals surface area contributed by atoms with Gasteiger partial charge in [0.25, 0.3) is 0 Å². The number of hydrogen-bond donors (Lipinski definition) is 1. The Bertz CT molecular complexity index is 634. The van der Waals surface area contributed by atoms with Gasteiger partial charge in [-0.15, -0.1) is 24.0 Å². The predicted molar refractivity (Wildman–Crippen MR) is 131 cm³/mol. The van der Waals surface area contributed by atoms with E-state index in [0.29, 0.717) is 0 Å². The average Bonchev–Trinajstić information content (AvgIpc) is 3.59. The molecule has 1 saturated heterocycles. The predicted octanol–water partition coefficient (Wildman–Crippen LogP) is 2.62. The minimum absolute atomic E-state index is 0. The molecule has 3 rings (SSSR count). The van der Waals surface area contributed by atoms with Gasteiger partial charge in [-0.3, -0.25) is 9.89 Å². The number of aliphatic imine (C=N–C) groups is 1. The molecular formula is C22H37IN4O3. The number of guanidine groups is 1. The van der Waals surface area contributed by atoms with E-state index in [-0.39, 0.29) is 30.0 Å². The van der Waals surface area contributed by atoms with Crippen molar-refractivity contribution in [1.82, 2.24) is 15.1 Å². The van der Waals surface area contributed by atoms with Crippen LogP contribution in [0.1, 0.15) is 24.4 Å². The lowest BCUT2D eigenvalue weighted by Gasteiger charge is -2.35. The molecule has 30 heavy (non-hydrogen) atoms. The van der Waals surface area contributed by atoms with Crippen molar-refractivity contribution in [2.45, 2.75) is 18.9 Å². The van der Waals surface area contributed by atoms with Crippen LogP contribution in [0.25, 0.3) is 0 Å². The maximum atomic E-state index is 5.78. The van der Waals surface area contributed by atoms with Crippen LogP contribution in [0.3, 0.4) is 0 Å². The molecule has 0 amide bonds. The first-order valence-electron chi connectivity index (χ1n) is 10.7. The van der Waals surface area contributed by atoms with Crippen molar-refractivity contribution in [3.63, 3.8) is 0 Å². The molecule has 1 aliphatic heterocycles. The van der Waals surface area contributed by atoms with Crippen molar-refractivity contribution in [1.29, 1.82) is 0 Å². The highest BCUT2D eigenvalue weighted by Gasteiger charge is 2.24. The molecule has 8 heteroatoms. The van der Waals surface area contributed by atoms with Crippen LogP contribution in [-0.4, -0.2) is 89.6 Å². The second-order valence-corrected chi connectivity index (χ2v) is 7.81. The van der Waals surface area contributed by atoms with Gasteiger partial charge in [0, 0.05) is 46.9 Å². The van der Waals surface area contributed by atoms with Gasteiger partial charge in [-0.2, -0.15) is 0 Å². The Morgan fingerprint density at radius 2 is 1.97 bits per heavy atom. The Kier molecular flexibility index (Phi) is 11.2. The summed E-state index contributed by atoms with van der Waals surface area (Å²) in [7, 11) is 5.60. The second kappa shape index (κ2) is 13.3. The molecule has 1 unspecified atom stereocenters. The normalized spacial score (nSPS) is 18.4. The van der Waals surface area contributed by atoms with E-state index in [2.05, 4.69) is 39.3 Å². The Balaban J connectivity index is 0.00000320. The van der Waals surface area contributed by atoms with Gasteiger partial charge in [0.15, 0.2) is 5.96 Å². The van der Waals surface area contributed by atoms with Crippen molar-refractivity contribution in [2.75, 3.05) is 73.8 Å². The van der Waals surface area contributed by atoms with Gasteiger partial charge in [-0.25, -0.2) is 0 Å². The molecule has 7 nitrogen and oxygen atoms in total. The minimum Gasteiger partial charge on any atom is -0.497 e. The molecule has 1 N–H and O–H groups in total. The summed E-state index contributed by atoms with van der Waals surface area (Å²) in [5, 5.41) is 3.56. The van der Waals surface area contributed by atoms with Crippen molar-refractivity contribution >= 4 is 29.9 Å². The molecule has 2 aliphatic rings. The first-order chi connectivity index (χ1) is 14.2. The van der Waals surface area contributed by atoms with Crippen LogP contribution in [0.4, 0.5) is 0 Å². The van der Waals surface area contributed by atoms with Gasteiger partial charge in [0.05, 0.1) is 33.0 Å². The Morgan fingerprint density at radius 1 is 1.27 bits per heavy atom. The van der Waals surface area contributed by atoms with E-state index in [1.807, 2.05) is 19.2 Å². The van der Waals surface area contributed by atoms with Crippen LogP contribution in [0.2, 0.25) is 0 Å². The number of hydrogen-bond acceptors (Lipinski definition) is 5. The summed E-state index contributed by atoms with van der Waals surface area (Å²) >= 11 is 0. The third-order valence-electron chi connectivity index (χ3n) is 5.64. The quantitative estimate of drug-likeness (QED) is 0.217. The number of methoxy groups -OCH3 is 1. The summed E-state index contributed by atoms with van der Waals surface area (Å²) in [6.45, 7) is 6.67. The zero-order valence-electron chi connectivity index (χ0n) is 18.5. The van der Waals surface area contributed by atoms with Crippen LogP contribution >= 0.6 is 24.0 Å². The molecule has 170 valence electrons. The van der Waals surface area contributed by atoms with Gasteiger partial charge in [0.1, 0.15) is 5.75 Å². The van der Waals surface area contributed by atoms with Crippen molar-refractivity contribution in [3.05, 3.63) is 29.8 Å². The van der Waals surface area contributed by atoms with E-state index >= 15 is 0 Å². The summed E-state index contributed by atoms with van der Waals surface area (Å²) in [5.74, 6) is 2.58. The Labute approximate surface area is 198 Å². The minimum atomic E-state index is 0. The molecule has 1 aromatic rings. The van der Waals surface area contributed by atoms with E-state index in [9.17, 15) is 0 Å². The Morgan fingerprint density at radius 3 is 2.57 bits per heavy atom. The van der Waals surface area contributed by atoms with E-state index < -0.39 is 0 Å². The van der Waals surface area contributed by atoms with E-state index in [0.717, 1.165) is 70.2 Å². The van der Waals surface area contributed by atoms with Gasteiger partial charge in [-0.05, 0) is 36.5 Å². The zero-order chi connectivity index (χ0) is 20.5. The highest BCUT2D eigenvalue weighted by Crippen LogP contribution is 2.28. The standard InChI is InChI=1S/C22H36N4O3.HI/c1-23-22(25(2)10-13-29-17-18-4-5-18)24-16-21(26-11-14-28-15-12-26)19-6-8-20(27-3)9-7-19;/h6-9,18,21H,4-5,10-17H2,1-3H3,(H,23,24);1H. The topological polar surface area (TPSA) is 58.6 Å². The molecule has 1 aromatic carbocycles. The number of ether oxygens (including phenoxy) is 3. The van der Waals surface area contributed by atoms with E-state index in [1.54, 1.807) is 7.11 Å². The summed E-state index contributed by atoms with van der Waals surface area (Å²) in [6.07, 6.45) is 2.65. The SMILES string of the molecule is CN=C(NCC(c1ccc(OC)cc1)N1CCOCC1)N(C)CCOCC1CC1.I. The number of nitrogens with one attached hydrogen (secondary N) is 1. The molecule has 1 aliphatic carbocycles. The molecule has 0 aromatic heterocycles. The van der Waals surface area contributed by atoms with Gasteiger partial charge in [-0.1, -0.05) is 12.1 Å². The number of halogens is 1. The van der Waals surface area contributed by atoms with Crippen LogP contribution < -0.4 is 10.1 Å². The first kappa shape index (κ1) is 25.2. The molecule has 0 radical (unpaired) electrons. The number of rotatable bonds is 10. The summed E-state index contributed by atoms with van der Waals surface area (Å²) in [6, 6.07) is 8.61. The van der Waals surface area contributed by atoms with Gasteiger partial charge in [0.2, 0.25) is 0 Å². The first-order valence-corrected chi connectivity index (χ1v) is 10.7. The lowest BCUT2D eigenvalue weighted by molar-refractivity contribution is 0.0168. The van der Waals surface area contributed by atoms with Crippen molar-refractivity contribution < 1.29 is 14.2 Å². The van der Waals surface area contributed by atoms with Crippen LogP contribution in [0.15, 0.2) is 29.3 Å². The molecule has 2 fully saturated rings. The molecule has 1 atom stereocenters. The highest BCUT2D eigenvalue weighted by atomic mass is 127. The molecule has 1 saturated carbocycles. The maximum Gasteiger partial charge on any atom is 0.193 e. The molecular weight excluding hydrogens is 495 g/mol. The van der Waals surface area contributed by atoms with E-state index in [1.165, 1.54) is 18.4 Å².